The van der Waals surface area contributed by atoms with Crippen LogP contribution in [0, 0.1) is 20.8 Å². The number of carboxylic acid groups (broad SMARTS) is 1. The van der Waals surface area contributed by atoms with Crippen molar-refractivity contribution in [2.24, 2.45) is 0 Å². The number of aromatic nitrogens is 1. The van der Waals surface area contributed by atoms with Gasteiger partial charge >= 0.3 is 5.97 Å². The van der Waals surface area contributed by atoms with Gasteiger partial charge in [0.2, 0.25) is 5.89 Å². The Morgan fingerprint density at radius 2 is 2.16 bits per heavy atom. The van der Waals surface area contributed by atoms with Gasteiger partial charge in [0.15, 0.2) is 0 Å². The lowest BCUT2D eigenvalue weighted by molar-refractivity contribution is 0.0702. The zero-order valence-electron chi connectivity index (χ0n) is 11.1. The molecule has 0 saturated carbocycles. The van der Waals surface area contributed by atoms with E-state index in [2.05, 4.69) is 10.3 Å². The van der Waals surface area contributed by atoms with E-state index in [9.17, 15) is 4.79 Å². The molecule has 0 fully saturated rings. The molecule has 0 saturated heterocycles. The van der Waals surface area contributed by atoms with Crippen LogP contribution in [0.1, 0.15) is 37.5 Å². The Labute approximate surface area is 115 Å². The highest BCUT2D eigenvalue weighted by molar-refractivity contribution is 7.14. The highest BCUT2D eigenvalue weighted by Gasteiger charge is 2.11. The molecule has 2 aromatic rings. The number of carbonyl (C=O) groups is 1. The minimum Gasteiger partial charge on any atom is -0.477 e. The molecule has 0 aliphatic heterocycles. The third-order valence-electron chi connectivity index (χ3n) is 2.90. The number of carboxylic acids is 1. The third-order valence-corrected chi connectivity index (χ3v) is 3.98. The van der Waals surface area contributed by atoms with Crippen molar-refractivity contribution in [2.45, 2.75) is 33.9 Å². The Bertz CT molecular complexity index is 582. The largest absolute Gasteiger partial charge is 0.477 e. The first-order valence-electron chi connectivity index (χ1n) is 5.93. The molecule has 0 bridgehead atoms. The fourth-order valence-electron chi connectivity index (χ4n) is 1.72. The van der Waals surface area contributed by atoms with Crippen molar-refractivity contribution in [1.29, 1.82) is 0 Å². The van der Waals surface area contributed by atoms with Gasteiger partial charge < -0.3 is 14.8 Å². The van der Waals surface area contributed by atoms with Crippen molar-refractivity contribution in [2.75, 3.05) is 0 Å². The molecule has 102 valence electrons. The smallest absolute Gasteiger partial charge is 0.345 e. The number of thiophene rings is 1. The number of oxazole rings is 1. The molecule has 2 heterocycles. The van der Waals surface area contributed by atoms with E-state index in [1.165, 1.54) is 11.3 Å². The van der Waals surface area contributed by atoms with Crippen LogP contribution >= 0.6 is 11.3 Å². The van der Waals surface area contributed by atoms with E-state index >= 15 is 0 Å². The van der Waals surface area contributed by atoms with E-state index < -0.39 is 5.97 Å². The molecule has 19 heavy (non-hydrogen) atoms. The summed E-state index contributed by atoms with van der Waals surface area (Å²) in [6, 6.07) is 1.71. The molecule has 2 rings (SSSR count). The van der Waals surface area contributed by atoms with Crippen molar-refractivity contribution in [1.82, 2.24) is 10.3 Å². The van der Waals surface area contributed by atoms with E-state index in [0.717, 1.165) is 21.9 Å². The molecule has 0 radical (unpaired) electrons. The van der Waals surface area contributed by atoms with Gasteiger partial charge in [0, 0.05) is 11.4 Å². The molecule has 2 N–H and O–H groups in total. The number of rotatable bonds is 5. The molecule has 5 nitrogen and oxygen atoms in total. The third kappa shape index (κ3) is 3.21. The standard InChI is InChI=1S/C13H16N2O3S/c1-7-8(2)18-12(15-7)6-14-5-10-4-11(13(16)17)19-9(10)3/h4,14H,5-6H2,1-3H3,(H,16,17). The lowest BCUT2D eigenvalue weighted by Gasteiger charge is -2.01. The van der Waals surface area contributed by atoms with Gasteiger partial charge in [-0.25, -0.2) is 9.78 Å². The summed E-state index contributed by atoms with van der Waals surface area (Å²) >= 11 is 1.30. The Kier molecular flexibility index (Phi) is 4.01. The second-order valence-corrected chi connectivity index (χ2v) is 5.61. The van der Waals surface area contributed by atoms with Crippen LogP contribution in [0.3, 0.4) is 0 Å². The van der Waals surface area contributed by atoms with Gasteiger partial charge in [-0.1, -0.05) is 0 Å². The molecule has 0 unspecified atom stereocenters. The van der Waals surface area contributed by atoms with Gasteiger partial charge in [0.1, 0.15) is 10.6 Å². The minimum atomic E-state index is -0.877. The van der Waals surface area contributed by atoms with E-state index in [1.54, 1.807) is 6.07 Å². The van der Waals surface area contributed by atoms with Crippen molar-refractivity contribution in [3.05, 3.63) is 38.7 Å². The minimum absolute atomic E-state index is 0.372. The van der Waals surface area contributed by atoms with Gasteiger partial charge in [-0.2, -0.15) is 0 Å². The quantitative estimate of drug-likeness (QED) is 0.880. The molecular weight excluding hydrogens is 264 g/mol. The predicted octanol–water partition coefficient (Wildman–Crippen LogP) is 2.65. The molecule has 0 aromatic carbocycles. The van der Waals surface area contributed by atoms with Crippen molar-refractivity contribution < 1.29 is 14.3 Å². The van der Waals surface area contributed by atoms with E-state index in [4.69, 9.17) is 9.52 Å². The molecule has 0 aliphatic carbocycles. The summed E-state index contributed by atoms with van der Waals surface area (Å²) in [7, 11) is 0. The number of hydrogen-bond acceptors (Lipinski definition) is 5. The summed E-state index contributed by atoms with van der Waals surface area (Å²) in [6.45, 7) is 6.86. The van der Waals surface area contributed by atoms with Crippen molar-refractivity contribution >= 4 is 17.3 Å². The first-order valence-corrected chi connectivity index (χ1v) is 6.75. The Balaban J connectivity index is 1.94. The van der Waals surface area contributed by atoms with Crippen LogP contribution in [0.15, 0.2) is 10.5 Å². The summed E-state index contributed by atoms with van der Waals surface area (Å²) < 4.78 is 5.46. The van der Waals surface area contributed by atoms with Crippen LogP contribution in [0.25, 0.3) is 0 Å². The fourth-order valence-corrected chi connectivity index (χ4v) is 2.60. The number of hydrogen-bond donors (Lipinski definition) is 2. The maximum Gasteiger partial charge on any atom is 0.345 e. The predicted molar refractivity (Wildman–Crippen MR) is 72.5 cm³/mol. The zero-order valence-corrected chi connectivity index (χ0v) is 11.9. The number of nitrogens with one attached hydrogen (secondary N) is 1. The van der Waals surface area contributed by atoms with Crippen LogP contribution in [-0.2, 0) is 13.1 Å². The molecule has 2 aromatic heterocycles. The highest BCUT2D eigenvalue weighted by Crippen LogP contribution is 2.21. The molecule has 0 atom stereocenters. The van der Waals surface area contributed by atoms with Gasteiger partial charge in [0.25, 0.3) is 0 Å². The number of nitrogens with zero attached hydrogens (tertiary/aromatic N) is 1. The Morgan fingerprint density at radius 3 is 2.68 bits per heavy atom. The Morgan fingerprint density at radius 1 is 1.42 bits per heavy atom. The van der Waals surface area contributed by atoms with Gasteiger partial charge in [0.05, 0.1) is 12.2 Å². The van der Waals surface area contributed by atoms with Crippen LogP contribution in [0.2, 0.25) is 0 Å². The molecule has 6 heteroatoms. The van der Waals surface area contributed by atoms with Gasteiger partial charge in [-0.3, -0.25) is 0 Å². The maximum absolute atomic E-state index is 10.9. The van der Waals surface area contributed by atoms with Crippen molar-refractivity contribution in [3.8, 4) is 0 Å². The topological polar surface area (TPSA) is 75.4 Å². The summed E-state index contributed by atoms with van der Waals surface area (Å²) in [6.07, 6.45) is 0. The molecule has 0 aliphatic rings. The first kappa shape index (κ1) is 13.8. The van der Waals surface area contributed by atoms with Crippen molar-refractivity contribution in [3.63, 3.8) is 0 Å². The lowest BCUT2D eigenvalue weighted by atomic mass is 10.2. The number of aromatic carboxylic acids is 1. The second-order valence-electron chi connectivity index (χ2n) is 4.35. The van der Waals surface area contributed by atoms with Crippen LogP contribution in [-0.4, -0.2) is 16.1 Å². The molecule has 0 spiro atoms. The van der Waals surface area contributed by atoms with Crippen LogP contribution < -0.4 is 5.32 Å². The van der Waals surface area contributed by atoms with Crippen LogP contribution in [0.5, 0.6) is 0 Å². The average Bonchev–Trinajstić information content (AvgIpc) is 2.84. The number of aryl methyl sites for hydroxylation is 3. The summed E-state index contributed by atoms with van der Waals surface area (Å²) in [5, 5.41) is 12.1. The SMILES string of the molecule is Cc1nc(CNCc2cc(C(=O)O)sc2C)oc1C. The zero-order chi connectivity index (χ0) is 14.0. The normalized spacial score (nSPS) is 10.9. The first-order chi connectivity index (χ1) is 8.97. The maximum atomic E-state index is 10.9. The van der Waals surface area contributed by atoms with Crippen LogP contribution in [0.4, 0.5) is 0 Å². The van der Waals surface area contributed by atoms with E-state index in [0.29, 0.717) is 23.9 Å². The summed E-state index contributed by atoms with van der Waals surface area (Å²) in [5.74, 6) is 0.608. The monoisotopic (exact) mass is 280 g/mol. The lowest BCUT2D eigenvalue weighted by Crippen LogP contribution is -2.13. The van der Waals surface area contributed by atoms with E-state index in [-0.39, 0.29) is 0 Å². The summed E-state index contributed by atoms with van der Waals surface area (Å²) in [4.78, 5) is 16.5. The highest BCUT2D eigenvalue weighted by atomic mass is 32.1. The van der Waals surface area contributed by atoms with Gasteiger partial charge in [-0.05, 0) is 32.4 Å². The Hall–Kier alpha value is -1.66. The average molecular weight is 280 g/mol. The second kappa shape index (κ2) is 5.54. The summed E-state index contributed by atoms with van der Waals surface area (Å²) in [5.41, 5.74) is 1.90. The fraction of sp³-hybridized carbons (Fsp3) is 0.385. The van der Waals surface area contributed by atoms with Gasteiger partial charge in [-0.15, -0.1) is 11.3 Å². The molecule has 0 amide bonds. The molecular formula is C13H16N2O3S. The van der Waals surface area contributed by atoms with E-state index in [1.807, 2.05) is 20.8 Å².